The minimum Gasteiger partial charge on any atom is -0.481 e. The first kappa shape index (κ1) is 16.2. The van der Waals surface area contributed by atoms with E-state index in [0.29, 0.717) is 0 Å². The number of carbonyl (C=O) groups excluding carboxylic acids is 2. The largest absolute Gasteiger partial charge is 0.481 e. The van der Waals surface area contributed by atoms with E-state index < -0.39 is 36.0 Å². The number of hydrogen-bond donors (Lipinski definition) is 3. The van der Waals surface area contributed by atoms with Gasteiger partial charge >= 0.3 is 12.0 Å². The zero-order chi connectivity index (χ0) is 15.5. The fraction of sp³-hybridized carbons (Fsp3) is 0.750. The van der Waals surface area contributed by atoms with E-state index in [1.165, 1.54) is 16.8 Å². The fourth-order valence-corrected chi connectivity index (χ4v) is 2.18. The van der Waals surface area contributed by atoms with Crippen molar-refractivity contribution in [3.8, 4) is 0 Å². The van der Waals surface area contributed by atoms with Crippen LogP contribution in [0.3, 0.4) is 0 Å². The van der Waals surface area contributed by atoms with Crippen LogP contribution in [0.2, 0.25) is 0 Å². The second-order valence-corrected chi connectivity index (χ2v) is 5.55. The van der Waals surface area contributed by atoms with Crippen LogP contribution in [-0.4, -0.2) is 76.2 Å². The molecule has 1 atom stereocenters. The number of urea groups is 1. The van der Waals surface area contributed by atoms with Crippen molar-refractivity contribution in [3.05, 3.63) is 0 Å². The second-order valence-electron chi connectivity index (χ2n) is 5.55. The molecule has 0 aliphatic carbocycles. The second kappa shape index (κ2) is 6.08. The zero-order valence-corrected chi connectivity index (χ0v) is 11.9. The van der Waals surface area contributed by atoms with Crippen molar-refractivity contribution in [2.75, 3.05) is 26.7 Å². The molecule has 1 unspecified atom stereocenters. The van der Waals surface area contributed by atoms with E-state index in [9.17, 15) is 19.5 Å². The average Bonchev–Trinajstić information content (AvgIpc) is 2.28. The molecule has 0 aromatic heterocycles. The predicted octanol–water partition coefficient (Wildman–Crippen LogP) is -0.916. The molecule has 0 aromatic rings. The van der Waals surface area contributed by atoms with Crippen LogP contribution in [-0.2, 0) is 9.59 Å². The maximum absolute atomic E-state index is 12.3. The molecule has 3 amide bonds. The number of hydrogen-bond acceptors (Lipinski definition) is 4. The number of likely N-dealkylation sites (N-methyl/N-ethyl adjacent to an activating group) is 1. The highest BCUT2D eigenvalue weighted by molar-refractivity contribution is 5.91. The lowest BCUT2D eigenvalue weighted by Gasteiger charge is -2.38. The van der Waals surface area contributed by atoms with Gasteiger partial charge in [0.15, 0.2) is 0 Å². The van der Waals surface area contributed by atoms with Gasteiger partial charge in [0.2, 0.25) is 5.91 Å². The first-order valence-electron chi connectivity index (χ1n) is 6.35. The Hall–Kier alpha value is -1.83. The molecular weight excluding hydrogens is 266 g/mol. The number of amides is 3. The smallest absolute Gasteiger partial charge is 0.320 e. The number of piperazine rings is 1. The third-order valence-electron chi connectivity index (χ3n) is 2.90. The van der Waals surface area contributed by atoms with E-state index >= 15 is 0 Å². The van der Waals surface area contributed by atoms with Crippen LogP contribution in [0.4, 0.5) is 4.79 Å². The van der Waals surface area contributed by atoms with E-state index in [1.807, 2.05) is 0 Å². The van der Waals surface area contributed by atoms with Gasteiger partial charge in [-0.1, -0.05) is 0 Å². The third kappa shape index (κ3) is 4.37. The number of carboxylic acid groups (broad SMARTS) is 1. The van der Waals surface area contributed by atoms with Gasteiger partial charge in [0, 0.05) is 20.1 Å². The lowest BCUT2D eigenvalue weighted by Crippen LogP contribution is -2.60. The molecule has 0 bridgehead atoms. The minimum absolute atomic E-state index is 0.0870. The predicted molar refractivity (Wildman–Crippen MR) is 70.1 cm³/mol. The number of nitrogens with zero attached hydrogens (tertiary/aromatic N) is 2. The number of nitrogens with one attached hydrogen (secondary N) is 1. The standard InChI is InChI=1S/C12H21N3O5/c1-12(2,20)7-14(3)11(19)15-5-4-13-10(18)8(15)6-9(16)17/h8,20H,4-7H2,1-3H3,(H,13,18)(H,16,17). The Morgan fingerprint density at radius 2 is 2.10 bits per heavy atom. The van der Waals surface area contributed by atoms with Crippen LogP contribution < -0.4 is 5.32 Å². The van der Waals surface area contributed by atoms with Crippen LogP contribution in [0.25, 0.3) is 0 Å². The maximum Gasteiger partial charge on any atom is 0.320 e. The van der Waals surface area contributed by atoms with E-state index in [1.54, 1.807) is 13.8 Å². The van der Waals surface area contributed by atoms with Crippen molar-refractivity contribution in [2.45, 2.75) is 31.9 Å². The normalized spacial score (nSPS) is 19.5. The Balaban J connectivity index is 2.81. The van der Waals surface area contributed by atoms with Gasteiger partial charge < -0.3 is 25.3 Å². The van der Waals surface area contributed by atoms with Crippen LogP contribution >= 0.6 is 0 Å². The number of rotatable bonds is 4. The average molecular weight is 287 g/mol. The number of aliphatic carboxylic acids is 1. The first-order chi connectivity index (χ1) is 9.11. The van der Waals surface area contributed by atoms with Crippen molar-refractivity contribution in [2.24, 2.45) is 0 Å². The summed E-state index contributed by atoms with van der Waals surface area (Å²) in [6, 6.07) is -1.48. The molecular formula is C12H21N3O5. The van der Waals surface area contributed by atoms with Gasteiger partial charge in [0.1, 0.15) is 6.04 Å². The summed E-state index contributed by atoms with van der Waals surface area (Å²) in [6.45, 7) is 3.75. The highest BCUT2D eigenvalue weighted by Crippen LogP contribution is 2.13. The Morgan fingerprint density at radius 1 is 1.50 bits per heavy atom. The summed E-state index contributed by atoms with van der Waals surface area (Å²) in [5, 5.41) is 21.1. The molecule has 1 rings (SSSR count). The number of carbonyl (C=O) groups is 3. The molecule has 3 N–H and O–H groups in total. The van der Waals surface area contributed by atoms with Gasteiger partial charge in [-0.25, -0.2) is 4.79 Å². The van der Waals surface area contributed by atoms with E-state index in [0.717, 1.165) is 0 Å². The van der Waals surface area contributed by atoms with E-state index in [4.69, 9.17) is 5.11 Å². The summed E-state index contributed by atoms with van der Waals surface area (Å²) >= 11 is 0. The highest BCUT2D eigenvalue weighted by Gasteiger charge is 2.36. The Labute approximate surface area is 117 Å². The number of aliphatic hydroxyl groups is 1. The van der Waals surface area contributed by atoms with Crippen molar-refractivity contribution in [1.29, 1.82) is 0 Å². The SMILES string of the molecule is CN(CC(C)(C)O)C(=O)N1CCNC(=O)C1CC(=O)O. The van der Waals surface area contributed by atoms with Gasteiger partial charge in [-0.2, -0.15) is 0 Å². The van der Waals surface area contributed by atoms with Crippen molar-refractivity contribution in [3.63, 3.8) is 0 Å². The zero-order valence-electron chi connectivity index (χ0n) is 11.9. The van der Waals surface area contributed by atoms with Crippen molar-refractivity contribution >= 4 is 17.9 Å². The summed E-state index contributed by atoms with van der Waals surface area (Å²) in [7, 11) is 1.50. The fourth-order valence-electron chi connectivity index (χ4n) is 2.18. The molecule has 0 aromatic carbocycles. The maximum atomic E-state index is 12.3. The monoisotopic (exact) mass is 287 g/mol. The lowest BCUT2D eigenvalue weighted by atomic mass is 10.1. The molecule has 0 saturated carbocycles. The van der Waals surface area contributed by atoms with Crippen LogP contribution in [0, 0.1) is 0 Å². The van der Waals surface area contributed by atoms with Gasteiger partial charge in [-0.05, 0) is 13.8 Å². The number of carboxylic acids is 1. The molecule has 1 aliphatic rings. The van der Waals surface area contributed by atoms with Crippen molar-refractivity contribution in [1.82, 2.24) is 15.1 Å². The van der Waals surface area contributed by atoms with E-state index in [2.05, 4.69) is 5.32 Å². The Kier molecular flexibility index (Phi) is 4.93. The molecule has 1 aliphatic heterocycles. The minimum atomic E-state index is -1.14. The molecule has 1 heterocycles. The molecule has 1 saturated heterocycles. The topological polar surface area (TPSA) is 110 Å². The van der Waals surface area contributed by atoms with Gasteiger partial charge in [0.05, 0.1) is 18.6 Å². The molecule has 8 heteroatoms. The summed E-state index contributed by atoms with van der Waals surface area (Å²) in [5.74, 6) is -1.61. The van der Waals surface area contributed by atoms with Crippen LogP contribution in [0.15, 0.2) is 0 Å². The molecule has 20 heavy (non-hydrogen) atoms. The summed E-state index contributed by atoms with van der Waals surface area (Å²) in [5.41, 5.74) is -1.06. The van der Waals surface area contributed by atoms with Crippen LogP contribution in [0.1, 0.15) is 20.3 Å². The van der Waals surface area contributed by atoms with Crippen molar-refractivity contribution < 1.29 is 24.6 Å². The summed E-state index contributed by atoms with van der Waals surface area (Å²) in [4.78, 5) is 37.3. The quantitative estimate of drug-likeness (QED) is 0.619. The van der Waals surface area contributed by atoms with Gasteiger partial charge in [-0.3, -0.25) is 9.59 Å². The van der Waals surface area contributed by atoms with Gasteiger partial charge in [0.25, 0.3) is 0 Å². The lowest BCUT2D eigenvalue weighted by molar-refractivity contribution is -0.142. The highest BCUT2D eigenvalue weighted by atomic mass is 16.4. The first-order valence-corrected chi connectivity index (χ1v) is 6.35. The molecule has 8 nitrogen and oxygen atoms in total. The molecule has 114 valence electrons. The Morgan fingerprint density at radius 3 is 2.60 bits per heavy atom. The molecule has 1 fully saturated rings. The third-order valence-corrected chi connectivity index (χ3v) is 2.90. The summed E-state index contributed by atoms with van der Waals surface area (Å²) in [6.07, 6.45) is -0.437. The molecule has 0 radical (unpaired) electrons. The molecule has 0 spiro atoms. The Bertz CT molecular complexity index is 404. The van der Waals surface area contributed by atoms with Crippen LogP contribution in [0.5, 0.6) is 0 Å². The van der Waals surface area contributed by atoms with Gasteiger partial charge in [-0.15, -0.1) is 0 Å². The summed E-state index contributed by atoms with van der Waals surface area (Å²) < 4.78 is 0. The van der Waals surface area contributed by atoms with E-state index in [-0.39, 0.29) is 19.6 Å².